The van der Waals surface area contributed by atoms with Crippen molar-refractivity contribution < 1.29 is 14.1 Å². The summed E-state index contributed by atoms with van der Waals surface area (Å²) in [5.74, 6) is 0.938. The molecule has 19 heavy (non-hydrogen) atoms. The van der Waals surface area contributed by atoms with E-state index in [4.69, 9.17) is 0 Å². The van der Waals surface area contributed by atoms with E-state index in [0.717, 1.165) is 16.8 Å². The van der Waals surface area contributed by atoms with Gasteiger partial charge in [0.25, 0.3) is 0 Å². The molecule has 1 aromatic carbocycles. The first kappa shape index (κ1) is 13.7. The van der Waals surface area contributed by atoms with E-state index in [-0.39, 0.29) is 0 Å². The normalized spacial score (nSPS) is 12.4. The largest absolute Gasteiger partial charge is 0.611 e. The minimum absolute atomic E-state index is 0.306. The van der Waals surface area contributed by atoms with Crippen LogP contribution in [0.15, 0.2) is 23.1 Å². The summed E-state index contributed by atoms with van der Waals surface area (Å²) < 4.78 is 16.4. The number of anilines is 1. The molecule has 1 aromatic heterocycles. The molecule has 1 atom stereocenters. The zero-order valence-corrected chi connectivity index (χ0v) is 11.5. The predicted molar refractivity (Wildman–Crippen MR) is 73.7 cm³/mol. The molecule has 0 aliphatic heterocycles. The van der Waals surface area contributed by atoms with Crippen LogP contribution in [0.2, 0.25) is 0 Å². The maximum absolute atomic E-state index is 11.9. The molecule has 1 heterocycles. The molecule has 0 radical (unpaired) electrons. The number of rotatable bonds is 4. The van der Waals surface area contributed by atoms with Gasteiger partial charge in [0.15, 0.2) is 4.90 Å². The third kappa shape index (κ3) is 3.18. The first-order chi connectivity index (χ1) is 9.13. The topological polar surface area (TPSA) is 90.1 Å². The van der Waals surface area contributed by atoms with Gasteiger partial charge in [-0.15, -0.1) is 0 Å². The molecule has 0 spiro atoms. The molecule has 0 aliphatic carbocycles. The smallest absolute Gasteiger partial charge is 0.413 e. The molecule has 7 heteroatoms. The number of fused-ring (bicyclic) bond motifs is 1. The molecule has 0 aliphatic rings. The molecule has 1 amide bonds. The molecule has 102 valence electrons. The molecular weight excluding hydrogens is 266 g/mol. The average molecular weight is 281 g/mol. The molecule has 0 saturated carbocycles. The summed E-state index contributed by atoms with van der Waals surface area (Å²) in [6, 6.07) is 5.35. The third-order valence-corrected chi connectivity index (χ3v) is 4.07. The fraction of sp³-hybridized carbons (Fsp3) is 0.333. The van der Waals surface area contributed by atoms with Gasteiger partial charge in [0.2, 0.25) is 5.95 Å². The van der Waals surface area contributed by atoms with Crippen LogP contribution in [0.25, 0.3) is 11.0 Å². The van der Waals surface area contributed by atoms with Gasteiger partial charge in [-0.25, -0.2) is 9.78 Å². The Bertz CT molecular complexity index is 585. The van der Waals surface area contributed by atoms with E-state index in [0.29, 0.717) is 17.2 Å². The minimum atomic E-state index is -1.00. The van der Waals surface area contributed by atoms with E-state index >= 15 is 0 Å². The van der Waals surface area contributed by atoms with Crippen LogP contribution in [0, 0.1) is 0 Å². The average Bonchev–Trinajstić information content (AvgIpc) is 2.79. The van der Waals surface area contributed by atoms with Crippen LogP contribution in [-0.2, 0) is 15.9 Å². The van der Waals surface area contributed by atoms with Gasteiger partial charge in [0.1, 0.15) is 5.75 Å². The number of benzene rings is 1. The first-order valence-electron chi connectivity index (χ1n) is 5.87. The van der Waals surface area contributed by atoms with Crippen molar-refractivity contribution in [3.05, 3.63) is 18.2 Å². The molecule has 1 unspecified atom stereocenters. The highest BCUT2D eigenvalue weighted by molar-refractivity contribution is 7.91. The molecule has 0 saturated heterocycles. The Morgan fingerprint density at radius 1 is 1.58 bits per heavy atom. The third-order valence-electron chi connectivity index (χ3n) is 2.51. The van der Waals surface area contributed by atoms with Crippen molar-refractivity contribution in [2.75, 3.05) is 18.2 Å². The summed E-state index contributed by atoms with van der Waals surface area (Å²) in [5.41, 5.74) is 1.43. The molecular formula is C12H15N3O3S. The fourth-order valence-corrected chi connectivity index (χ4v) is 2.72. The van der Waals surface area contributed by atoms with Crippen LogP contribution < -0.4 is 5.32 Å². The number of ether oxygens (including phenoxy) is 1. The standard InChI is InChI=1S/C12H15N3O3S/c1-3-6-19(17)8-4-5-9-10(7-8)14-11(13-9)15-12(16)18-2/h4-5,7H,3,6H2,1-2H3,(H2,13,14,15,16). The number of amides is 1. The quantitative estimate of drug-likeness (QED) is 0.841. The van der Waals surface area contributed by atoms with E-state index in [2.05, 4.69) is 20.0 Å². The number of hydrogen-bond acceptors (Lipinski definition) is 4. The van der Waals surface area contributed by atoms with Gasteiger partial charge in [0, 0.05) is 6.07 Å². The lowest BCUT2D eigenvalue weighted by Crippen LogP contribution is -2.11. The van der Waals surface area contributed by atoms with Crippen LogP contribution in [0.5, 0.6) is 0 Å². The Hall–Kier alpha value is -1.73. The van der Waals surface area contributed by atoms with Crippen LogP contribution in [0.4, 0.5) is 10.7 Å². The van der Waals surface area contributed by atoms with E-state index in [9.17, 15) is 9.35 Å². The summed E-state index contributed by atoms with van der Waals surface area (Å²) in [6.45, 7) is 1.99. The highest BCUT2D eigenvalue weighted by Crippen LogP contribution is 2.20. The zero-order valence-electron chi connectivity index (χ0n) is 10.7. The summed E-state index contributed by atoms with van der Waals surface area (Å²) in [4.78, 5) is 19.0. The van der Waals surface area contributed by atoms with Crippen LogP contribution >= 0.6 is 0 Å². The SMILES string of the molecule is CCC[S+]([O-])c1ccc2nc(NC(=O)OC)[nH]c2c1. The van der Waals surface area contributed by atoms with Gasteiger partial charge in [-0.05, 0) is 29.7 Å². The second-order valence-corrected chi connectivity index (χ2v) is 5.50. The Morgan fingerprint density at radius 3 is 3.05 bits per heavy atom. The number of carbonyl (C=O) groups excluding carboxylic acids is 1. The van der Waals surface area contributed by atoms with E-state index < -0.39 is 17.3 Å². The number of aromatic amines is 1. The second-order valence-electron chi connectivity index (χ2n) is 3.93. The van der Waals surface area contributed by atoms with Gasteiger partial charge in [-0.1, -0.05) is 6.92 Å². The van der Waals surface area contributed by atoms with Crippen LogP contribution in [0.1, 0.15) is 13.3 Å². The Labute approximate surface area is 113 Å². The van der Waals surface area contributed by atoms with Crippen LogP contribution in [0.3, 0.4) is 0 Å². The molecule has 2 aromatic rings. The first-order valence-corrected chi connectivity index (χ1v) is 7.19. The Balaban J connectivity index is 2.25. The summed E-state index contributed by atoms with van der Waals surface area (Å²) in [5, 5.41) is 2.45. The van der Waals surface area contributed by atoms with Gasteiger partial charge in [-0.3, -0.25) is 5.32 Å². The summed E-state index contributed by atoms with van der Waals surface area (Å²) in [6.07, 6.45) is 0.275. The number of H-pyrrole nitrogens is 1. The lowest BCUT2D eigenvalue weighted by Gasteiger charge is -2.08. The second kappa shape index (κ2) is 5.94. The number of hydrogen-bond donors (Lipinski definition) is 2. The fourth-order valence-electron chi connectivity index (χ4n) is 1.64. The monoisotopic (exact) mass is 281 g/mol. The summed E-state index contributed by atoms with van der Waals surface area (Å²) in [7, 11) is 1.28. The number of imidazole rings is 1. The van der Waals surface area contributed by atoms with Crippen molar-refractivity contribution in [1.82, 2.24) is 9.97 Å². The molecule has 0 fully saturated rings. The van der Waals surface area contributed by atoms with Gasteiger partial charge in [0.05, 0.1) is 18.1 Å². The van der Waals surface area contributed by atoms with E-state index in [1.807, 2.05) is 6.92 Å². The maximum atomic E-state index is 11.9. The van der Waals surface area contributed by atoms with Crippen molar-refractivity contribution in [1.29, 1.82) is 0 Å². The van der Waals surface area contributed by atoms with Gasteiger partial charge >= 0.3 is 6.09 Å². The molecule has 2 N–H and O–H groups in total. The zero-order chi connectivity index (χ0) is 13.8. The van der Waals surface area contributed by atoms with Crippen molar-refractivity contribution in [3.8, 4) is 0 Å². The van der Waals surface area contributed by atoms with Crippen molar-refractivity contribution in [3.63, 3.8) is 0 Å². The number of nitrogens with one attached hydrogen (secondary N) is 2. The molecule has 6 nitrogen and oxygen atoms in total. The maximum Gasteiger partial charge on any atom is 0.413 e. The minimum Gasteiger partial charge on any atom is -0.611 e. The predicted octanol–water partition coefficient (Wildman–Crippen LogP) is 2.26. The molecule has 2 rings (SSSR count). The van der Waals surface area contributed by atoms with E-state index in [1.54, 1.807) is 18.2 Å². The lowest BCUT2D eigenvalue weighted by atomic mass is 10.3. The van der Waals surface area contributed by atoms with Gasteiger partial charge in [-0.2, -0.15) is 0 Å². The van der Waals surface area contributed by atoms with Crippen LogP contribution in [-0.4, -0.2) is 33.5 Å². The number of nitrogens with zero attached hydrogens (tertiary/aromatic N) is 1. The Morgan fingerprint density at radius 2 is 2.37 bits per heavy atom. The van der Waals surface area contributed by atoms with Crippen molar-refractivity contribution in [2.45, 2.75) is 18.2 Å². The highest BCUT2D eigenvalue weighted by Gasteiger charge is 2.12. The van der Waals surface area contributed by atoms with Gasteiger partial charge < -0.3 is 14.3 Å². The Kier molecular flexibility index (Phi) is 4.28. The number of aromatic nitrogens is 2. The van der Waals surface area contributed by atoms with Crippen molar-refractivity contribution >= 4 is 34.3 Å². The van der Waals surface area contributed by atoms with Crippen molar-refractivity contribution in [2.24, 2.45) is 0 Å². The number of methoxy groups -OCH3 is 1. The van der Waals surface area contributed by atoms with E-state index in [1.165, 1.54) is 7.11 Å². The lowest BCUT2D eigenvalue weighted by molar-refractivity contribution is 0.186. The highest BCUT2D eigenvalue weighted by atomic mass is 32.2. The summed E-state index contributed by atoms with van der Waals surface area (Å²) >= 11 is -1.00. The molecule has 0 bridgehead atoms. The number of carbonyl (C=O) groups is 1.